The Morgan fingerprint density at radius 2 is 1.70 bits per heavy atom. The first-order valence-electron chi connectivity index (χ1n) is 7.72. The summed E-state index contributed by atoms with van der Waals surface area (Å²) in [5.74, 6) is 0.0724. The van der Waals surface area contributed by atoms with Crippen molar-refractivity contribution in [1.29, 1.82) is 0 Å². The van der Waals surface area contributed by atoms with Crippen molar-refractivity contribution in [2.24, 2.45) is 0 Å². The molecule has 0 atom stereocenters. The third-order valence-electron chi connectivity index (χ3n) is 3.51. The molecule has 0 saturated carbocycles. The number of carbonyl (C=O) groups excluding carboxylic acids is 1. The molecule has 0 aromatic heterocycles. The number of carbonyl (C=O) groups is 1. The summed E-state index contributed by atoms with van der Waals surface area (Å²) in [6, 6.07) is 6.15. The summed E-state index contributed by atoms with van der Waals surface area (Å²) in [5.41, 5.74) is 3.43. The highest BCUT2D eigenvalue weighted by Gasteiger charge is 2.04. The van der Waals surface area contributed by atoms with Gasteiger partial charge in [-0.1, -0.05) is 50.8 Å². The molecule has 112 valence electrons. The second kappa shape index (κ2) is 9.40. The van der Waals surface area contributed by atoms with Crippen LogP contribution >= 0.6 is 0 Å². The Bertz CT molecular complexity index is 395. The smallest absolute Gasteiger partial charge is 0.239 e. The second-order valence-electron chi connectivity index (χ2n) is 5.38. The standard InChI is InChI=1S/C17H28N2O/c1-4-5-6-7-8-12-18-16(20)13-19-17-14(2)10-9-11-15(17)3/h9-11,19H,4-8,12-13H2,1-3H3,(H,18,20). The Labute approximate surface area is 123 Å². The fraction of sp³-hybridized carbons (Fsp3) is 0.588. The van der Waals surface area contributed by atoms with Gasteiger partial charge in [0, 0.05) is 12.2 Å². The molecule has 3 heteroatoms. The fourth-order valence-corrected chi connectivity index (χ4v) is 2.28. The topological polar surface area (TPSA) is 41.1 Å². The van der Waals surface area contributed by atoms with E-state index in [0.29, 0.717) is 6.54 Å². The lowest BCUT2D eigenvalue weighted by atomic mass is 10.1. The van der Waals surface area contributed by atoms with E-state index in [1.807, 2.05) is 6.07 Å². The highest BCUT2D eigenvalue weighted by molar-refractivity contribution is 5.81. The average Bonchev–Trinajstić information content (AvgIpc) is 2.42. The molecule has 0 saturated heterocycles. The van der Waals surface area contributed by atoms with Crippen LogP contribution in [-0.4, -0.2) is 19.0 Å². The Morgan fingerprint density at radius 1 is 1.05 bits per heavy atom. The van der Waals surface area contributed by atoms with E-state index in [9.17, 15) is 4.79 Å². The van der Waals surface area contributed by atoms with Crippen molar-refractivity contribution in [2.45, 2.75) is 52.9 Å². The lowest BCUT2D eigenvalue weighted by molar-refractivity contribution is -0.119. The van der Waals surface area contributed by atoms with Gasteiger partial charge in [-0.3, -0.25) is 4.79 Å². The van der Waals surface area contributed by atoms with Gasteiger partial charge < -0.3 is 10.6 Å². The van der Waals surface area contributed by atoms with Crippen molar-refractivity contribution in [1.82, 2.24) is 5.32 Å². The van der Waals surface area contributed by atoms with Crippen LogP contribution in [0.5, 0.6) is 0 Å². The van der Waals surface area contributed by atoms with Gasteiger partial charge in [0.05, 0.1) is 6.54 Å². The normalized spacial score (nSPS) is 10.3. The van der Waals surface area contributed by atoms with E-state index in [4.69, 9.17) is 0 Å². The van der Waals surface area contributed by atoms with Gasteiger partial charge in [-0.15, -0.1) is 0 Å². The summed E-state index contributed by atoms with van der Waals surface area (Å²) >= 11 is 0. The predicted octanol–water partition coefficient (Wildman–Crippen LogP) is 3.80. The number of amides is 1. The molecule has 0 aliphatic heterocycles. The van der Waals surface area contributed by atoms with E-state index in [0.717, 1.165) is 18.7 Å². The van der Waals surface area contributed by atoms with E-state index in [-0.39, 0.29) is 5.91 Å². The van der Waals surface area contributed by atoms with E-state index >= 15 is 0 Å². The van der Waals surface area contributed by atoms with Crippen LogP contribution < -0.4 is 10.6 Å². The van der Waals surface area contributed by atoms with Crippen molar-refractivity contribution in [3.63, 3.8) is 0 Å². The SMILES string of the molecule is CCCCCCCNC(=O)CNc1c(C)cccc1C. The summed E-state index contributed by atoms with van der Waals surface area (Å²) in [4.78, 5) is 11.8. The Balaban J connectivity index is 2.20. The van der Waals surface area contributed by atoms with Crippen LogP contribution in [0.4, 0.5) is 5.69 Å². The molecular formula is C17H28N2O. The van der Waals surface area contributed by atoms with Crippen LogP contribution in [0.25, 0.3) is 0 Å². The highest BCUT2D eigenvalue weighted by Crippen LogP contribution is 2.18. The number of nitrogens with one attached hydrogen (secondary N) is 2. The van der Waals surface area contributed by atoms with E-state index in [1.54, 1.807) is 0 Å². The largest absolute Gasteiger partial charge is 0.376 e. The first kappa shape index (κ1) is 16.5. The zero-order valence-electron chi connectivity index (χ0n) is 13.1. The van der Waals surface area contributed by atoms with Gasteiger partial charge in [0.2, 0.25) is 5.91 Å². The summed E-state index contributed by atoms with van der Waals surface area (Å²) < 4.78 is 0. The monoisotopic (exact) mass is 276 g/mol. The van der Waals surface area contributed by atoms with E-state index < -0.39 is 0 Å². The molecule has 1 amide bonds. The maximum atomic E-state index is 11.8. The van der Waals surface area contributed by atoms with Gasteiger partial charge in [0.25, 0.3) is 0 Å². The molecule has 0 fully saturated rings. The molecule has 0 unspecified atom stereocenters. The lowest BCUT2D eigenvalue weighted by Gasteiger charge is -2.12. The van der Waals surface area contributed by atoms with E-state index in [2.05, 4.69) is 43.5 Å². The summed E-state index contributed by atoms with van der Waals surface area (Å²) in [6.45, 7) is 7.46. The van der Waals surface area contributed by atoms with Crippen LogP contribution in [0, 0.1) is 13.8 Å². The summed E-state index contributed by atoms with van der Waals surface area (Å²) in [7, 11) is 0. The van der Waals surface area contributed by atoms with Gasteiger partial charge in [-0.05, 0) is 31.4 Å². The third kappa shape index (κ3) is 6.09. The number of anilines is 1. The van der Waals surface area contributed by atoms with Gasteiger partial charge in [-0.2, -0.15) is 0 Å². The van der Waals surface area contributed by atoms with Crippen LogP contribution in [0.3, 0.4) is 0 Å². The number of hydrogen-bond acceptors (Lipinski definition) is 2. The number of unbranched alkanes of at least 4 members (excludes halogenated alkanes) is 4. The molecular weight excluding hydrogens is 248 g/mol. The van der Waals surface area contributed by atoms with Crippen molar-refractivity contribution < 1.29 is 4.79 Å². The first-order valence-corrected chi connectivity index (χ1v) is 7.72. The van der Waals surface area contributed by atoms with Crippen molar-refractivity contribution in [2.75, 3.05) is 18.4 Å². The van der Waals surface area contributed by atoms with Crippen molar-refractivity contribution >= 4 is 11.6 Å². The molecule has 1 aromatic carbocycles. The van der Waals surface area contributed by atoms with Crippen molar-refractivity contribution in [3.05, 3.63) is 29.3 Å². The van der Waals surface area contributed by atoms with Crippen LogP contribution in [0.1, 0.15) is 50.2 Å². The van der Waals surface area contributed by atoms with Crippen LogP contribution in [-0.2, 0) is 4.79 Å². The number of para-hydroxylation sites is 1. The molecule has 1 aromatic rings. The Kier molecular flexibility index (Phi) is 7.78. The Hall–Kier alpha value is -1.51. The molecule has 3 nitrogen and oxygen atoms in total. The minimum absolute atomic E-state index is 0.0724. The molecule has 0 bridgehead atoms. The molecule has 0 spiro atoms. The zero-order chi connectivity index (χ0) is 14.8. The lowest BCUT2D eigenvalue weighted by Crippen LogP contribution is -2.30. The van der Waals surface area contributed by atoms with Gasteiger partial charge in [-0.25, -0.2) is 0 Å². The maximum Gasteiger partial charge on any atom is 0.239 e. The van der Waals surface area contributed by atoms with Crippen LogP contribution in [0.15, 0.2) is 18.2 Å². The predicted molar refractivity (Wildman–Crippen MR) is 86.2 cm³/mol. The molecule has 0 heterocycles. The molecule has 0 radical (unpaired) electrons. The highest BCUT2D eigenvalue weighted by atomic mass is 16.1. The van der Waals surface area contributed by atoms with Gasteiger partial charge in [0.15, 0.2) is 0 Å². The number of hydrogen-bond donors (Lipinski definition) is 2. The summed E-state index contributed by atoms with van der Waals surface area (Å²) in [6.07, 6.45) is 6.11. The van der Waals surface area contributed by atoms with E-state index in [1.165, 1.54) is 36.8 Å². The van der Waals surface area contributed by atoms with Gasteiger partial charge in [0.1, 0.15) is 0 Å². The molecule has 2 N–H and O–H groups in total. The average molecular weight is 276 g/mol. The molecule has 0 aliphatic carbocycles. The quantitative estimate of drug-likeness (QED) is 0.674. The minimum atomic E-state index is 0.0724. The summed E-state index contributed by atoms with van der Waals surface area (Å²) in [5, 5.41) is 6.20. The number of rotatable bonds is 9. The Morgan fingerprint density at radius 3 is 2.35 bits per heavy atom. The maximum absolute atomic E-state index is 11.8. The first-order chi connectivity index (χ1) is 9.65. The van der Waals surface area contributed by atoms with Crippen LogP contribution in [0.2, 0.25) is 0 Å². The number of aryl methyl sites for hydroxylation is 2. The zero-order valence-corrected chi connectivity index (χ0v) is 13.1. The minimum Gasteiger partial charge on any atom is -0.376 e. The molecule has 0 aliphatic rings. The third-order valence-corrected chi connectivity index (χ3v) is 3.51. The number of benzene rings is 1. The van der Waals surface area contributed by atoms with Crippen molar-refractivity contribution in [3.8, 4) is 0 Å². The molecule has 20 heavy (non-hydrogen) atoms. The molecule has 1 rings (SSSR count). The fourth-order valence-electron chi connectivity index (χ4n) is 2.28. The second-order valence-corrected chi connectivity index (χ2v) is 5.38. The van der Waals surface area contributed by atoms with Gasteiger partial charge >= 0.3 is 0 Å².